The Morgan fingerprint density at radius 3 is 2.50 bits per heavy atom. The van der Waals surface area contributed by atoms with Crippen molar-refractivity contribution in [3.63, 3.8) is 0 Å². The molecule has 118 valence electrons. The molecule has 0 atom stereocenters. The molecule has 0 aromatic heterocycles. The van der Waals surface area contributed by atoms with Crippen LogP contribution in [-0.4, -0.2) is 21.7 Å². The number of unbranched alkanes of at least 4 members (excludes halogenated alkanes) is 2. The minimum Gasteiger partial charge on any atom is -0.293 e. The van der Waals surface area contributed by atoms with Crippen molar-refractivity contribution >= 4 is 40.3 Å². The number of benzene rings is 1. The van der Waals surface area contributed by atoms with Crippen LogP contribution < -0.4 is 0 Å². The van der Waals surface area contributed by atoms with Gasteiger partial charge in [-0.25, -0.2) is 0 Å². The van der Waals surface area contributed by atoms with Gasteiger partial charge in [-0.3, -0.25) is 9.69 Å². The third-order valence-corrected chi connectivity index (χ3v) is 5.14. The summed E-state index contributed by atoms with van der Waals surface area (Å²) in [7, 11) is 0. The van der Waals surface area contributed by atoms with Gasteiger partial charge in [0.2, 0.25) is 0 Å². The molecule has 1 aliphatic rings. The molecule has 1 aromatic rings. The van der Waals surface area contributed by atoms with Crippen LogP contribution in [-0.2, 0) is 4.79 Å². The smallest absolute Gasteiger partial charge is 0.266 e. The van der Waals surface area contributed by atoms with E-state index in [-0.39, 0.29) is 5.91 Å². The lowest BCUT2D eigenvalue weighted by Crippen LogP contribution is -2.28. The fourth-order valence-corrected chi connectivity index (χ4v) is 3.65. The van der Waals surface area contributed by atoms with Gasteiger partial charge in [-0.15, -0.1) is 0 Å². The molecule has 1 amide bonds. The Morgan fingerprint density at radius 2 is 1.91 bits per heavy atom. The van der Waals surface area contributed by atoms with Gasteiger partial charge in [0.15, 0.2) is 0 Å². The molecular formula is C18H23NOS2. The maximum Gasteiger partial charge on any atom is 0.266 e. The first kappa shape index (κ1) is 17.2. The second-order valence-electron chi connectivity index (χ2n) is 5.86. The summed E-state index contributed by atoms with van der Waals surface area (Å²) in [6, 6.07) is 8.38. The Bertz CT molecular complexity index is 575. The highest BCUT2D eigenvalue weighted by atomic mass is 32.2. The fraction of sp³-hybridized carbons (Fsp3) is 0.444. The van der Waals surface area contributed by atoms with E-state index in [0.29, 0.717) is 10.2 Å². The van der Waals surface area contributed by atoms with Gasteiger partial charge in [-0.1, -0.05) is 81.9 Å². The van der Waals surface area contributed by atoms with E-state index in [2.05, 4.69) is 45.0 Å². The lowest BCUT2D eigenvalue weighted by Gasteiger charge is -2.13. The Balaban J connectivity index is 2.08. The molecule has 0 unspecified atom stereocenters. The lowest BCUT2D eigenvalue weighted by atomic mass is 10.0. The number of thioether (sulfide) groups is 1. The first-order chi connectivity index (χ1) is 10.5. The third kappa shape index (κ3) is 4.20. The van der Waals surface area contributed by atoms with Crippen molar-refractivity contribution in [1.29, 1.82) is 0 Å². The van der Waals surface area contributed by atoms with Gasteiger partial charge in [0.25, 0.3) is 5.91 Å². The first-order valence-electron chi connectivity index (χ1n) is 7.88. The predicted molar refractivity (Wildman–Crippen MR) is 99.9 cm³/mol. The topological polar surface area (TPSA) is 20.3 Å². The maximum absolute atomic E-state index is 12.4. The van der Waals surface area contributed by atoms with Crippen molar-refractivity contribution < 1.29 is 4.79 Å². The van der Waals surface area contributed by atoms with Gasteiger partial charge < -0.3 is 0 Å². The van der Waals surface area contributed by atoms with E-state index in [1.54, 1.807) is 4.90 Å². The van der Waals surface area contributed by atoms with Crippen molar-refractivity contribution in [2.45, 2.75) is 46.0 Å². The molecule has 0 saturated carbocycles. The average Bonchev–Trinajstić information content (AvgIpc) is 2.75. The normalized spacial score (nSPS) is 17.1. The molecule has 1 aromatic carbocycles. The zero-order valence-corrected chi connectivity index (χ0v) is 15.1. The SMILES string of the molecule is CCCCCN1C(=O)/C(=C\c2ccc(C(C)C)cc2)SC1=S. The van der Waals surface area contributed by atoms with E-state index < -0.39 is 0 Å². The predicted octanol–water partition coefficient (Wildman–Crippen LogP) is 5.20. The van der Waals surface area contributed by atoms with E-state index in [1.807, 2.05) is 6.08 Å². The number of amides is 1. The van der Waals surface area contributed by atoms with Crippen molar-refractivity contribution in [2.24, 2.45) is 0 Å². The number of rotatable bonds is 6. The zero-order valence-electron chi connectivity index (χ0n) is 13.5. The van der Waals surface area contributed by atoms with Crippen molar-refractivity contribution in [2.75, 3.05) is 6.54 Å². The van der Waals surface area contributed by atoms with Gasteiger partial charge in [-0.05, 0) is 29.5 Å². The third-order valence-electron chi connectivity index (χ3n) is 3.76. The van der Waals surface area contributed by atoms with Crippen molar-refractivity contribution in [3.05, 3.63) is 40.3 Å². The second kappa shape index (κ2) is 7.93. The van der Waals surface area contributed by atoms with E-state index in [4.69, 9.17) is 12.2 Å². The minimum atomic E-state index is 0.0547. The van der Waals surface area contributed by atoms with Crippen LogP contribution in [0.1, 0.15) is 57.1 Å². The van der Waals surface area contributed by atoms with E-state index in [0.717, 1.165) is 36.3 Å². The highest BCUT2D eigenvalue weighted by molar-refractivity contribution is 8.26. The van der Waals surface area contributed by atoms with E-state index in [1.165, 1.54) is 17.3 Å². The summed E-state index contributed by atoms with van der Waals surface area (Å²) in [5, 5.41) is 0. The fourth-order valence-electron chi connectivity index (χ4n) is 2.34. The van der Waals surface area contributed by atoms with Gasteiger partial charge in [0.05, 0.1) is 4.91 Å². The Kier molecular flexibility index (Phi) is 6.21. The van der Waals surface area contributed by atoms with Crippen LogP contribution in [0.2, 0.25) is 0 Å². The number of hydrogen-bond acceptors (Lipinski definition) is 3. The number of carbonyl (C=O) groups is 1. The summed E-state index contributed by atoms with van der Waals surface area (Å²) < 4.78 is 0.686. The van der Waals surface area contributed by atoms with Crippen LogP contribution in [0.3, 0.4) is 0 Å². The summed E-state index contributed by atoms with van der Waals surface area (Å²) >= 11 is 6.76. The van der Waals surface area contributed by atoms with Gasteiger partial charge in [0, 0.05) is 6.54 Å². The quantitative estimate of drug-likeness (QED) is 0.405. The van der Waals surface area contributed by atoms with Crippen LogP contribution in [0.25, 0.3) is 6.08 Å². The van der Waals surface area contributed by atoms with Gasteiger partial charge in [0.1, 0.15) is 4.32 Å². The second-order valence-corrected chi connectivity index (χ2v) is 7.54. The summed E-state index contributed by atoms with van der Waals surface area (Å²) in [4.78, 5) is 14.9. The molecule has 0 N–H and O–H groups in total. The largest absolute Gasteiger partial charge is 0.293 e. The molecule has 2 nitrogen and oxygen atoms in total. The molecule has 22 heavy (non-hydrogen) atoms. The molecule has 2 rings (SSSR count). The highest BCUT2D eigenvalue weighted by Gasteiger charge is 2.31. The zero-order chi connectivity index (χ0) is 16.1. The Morgan fingerprint density at radius 1 is 1.23 bits per heavy atom. The molecular weight excluding hydrogens is 310 g/mol. The van der Waals surface area contributed by atoms with Crippen LogP contribution in [0.4, 0.5) is 0 Å². The molecule has 1 heterocycles. The van der Waals surface area contributed by atoms with E-state index >= 15 is 0 Å². The van der Waals surface area contributed by atoms with Crippen molar-refractivity contribution in [1.82, 2.24) is 4.90 Å². The highest BCUT2D eigenvalue weighted by Crippen LogP contribution is 2.32. The summed E-state index contributed by atoms with van der Waals surface area (Å²) in [5.74, 6) is 0.574. The Hall–Kier alpha value is -1.13. The average molecular weight is 334 g/mol. The van der Waals surface area contributed by atoms with E-state index in [9.17, 15) is 4.79 Å². The van der Waals surface area contributed by atoms with Crippen LogP contribution in [0.5, 0.6) is 0 Å². The van der Waals surface area contributed by atoms with Crippen LogP contribution in [0, 0.1) is 0 Å². The monoisotopic (exact) mass is 333 g/mol. The van der Waals surface area contributed by atoms with Gasteiger partial charge >= 0.3 is 0 Å². The number of carbonyl (C=O) groups excluding carboxylic acids is 1. The molecule has 1 fully saturated rings. The molecule has 4 heteroatoms. The summed E-state index contributed by atoms with van der Waals surface area (Å²) in [5.41, 5.74) is 2.36. The standard InChI is InChI=1S/C18H23NOS2/c1-4-5-6-11-19-17(20)16(22-18(19)21)12-14-7-9-15(10-8-14)13(2)3/h7-10,12-13H,4-6,11H2,1-3H3/b16-12+. The molecule has 1 aliphatic heterocycles. The number of thiocarbonyl (C=S) groups is 1. The Labute approximate surface area is 143 Å². The maximum atomic E-state index is 12.4. The lowest BCUT2D eigenvalue weighted by molar-refractivity contribution is -0.122. The van der Waals surface area contributed by atoms with Crippen molar-refractivity contribution in [3.8, 4) is 0 Å². The molecule has 0 aliphatic carbocycles. The minimum absolute atomic E-state index is 0.0547. The summed E-state index contributed by atoms with van der Waals surface area (Å²) in [6.07, 6.45) is 5.24. The first-order valence-corrected chi connectivity index (χ1v) is 9.10. The summed E-state index contributed by atoms with van der Waals surface area (Å²) in [6.45, 7) is 7.25. The molecule has 0 radical (unpaired) electrons. The van der Waals surface area contributed by atoms with Gasteiger partial charge in [-0.2, -0.15) is 0 Å². The molecule has 1 saturated heterocycles. The number of hydrogen-bond donors (Lipinski definition) is 0. The number of nitrogens with zero attached hydrogens (tertiary/aromatic N) is 1. The molecule has 0 spiro atoms. The van der Waals surface area contributed by atoms with Crippen LogP contribution >= 0.6 is 24.0 Å². The van der Waals surface area contributed by atoms with Crippen LogP contribution in [0.15, 0.2) is 29.2 Å². The molecule has 0 bridgehead atoms.